The Balaban J connectivity index is 1.53. The lowest BCUT2D eigenvalue weighted by atomic mass is 10.0. The van der Waals surface area contributed by atoms with E-state index in [4.69, 9.17) is 22.1 Å². The number of hydrogen-bond acceptors (Lipinski definition) is 4. The molecule has 5 rings (SSSR count). The van der Waals surface area contributed by atoms with E-state index in [0.29, 0.717) is 11.4 Å². The number of methoxy groups -OCH3 is 1. The number of aromatic nitrogens is 3. The Morgan fingerprint density at radius 3 is 2.35 bits per heavy atom. The Labute approximate surface area is 187 Å². The summed E-state index contributed by atoms with van der Waals surface area (Å²) in [5.74, 6) is 1.65. The minimum absolute atomic E-state index is 0.663. The molecule has 4 aromatic rings. The summed E-state index contributed by atoms with van der Waals surface area (Å²) in [6.07, 6.45) is 1.05. The van der Waals surface area contributed by atoms with E-state index in [1.165, 1.54) is 11.1 Å². The highest BCUT2D eigenvalue weighted by atomic mass is 32.1. The van der Waals surface area contributed by atoms with Crippen molar-refractivity contribution in [3.63, 3.8) is 0 Å². The zero-order valence-corrected chi connectivity index (χ0v) is 18.3. The van der Waals surface area contributed by atoms with Crippen LogP contribution in [0.4, 0.5) is 0 Å². The number of benzene rings is 3. The lowest BCUT2D eigenvalue weighted by molar-refractivity contribution is 0.188. The van der Waals surface area contributed by atoms with Crippen molar-refractivity contribution in [3.8, 4) is 22.8 Å². The Morgan fingerprint density at radius 2 is 1.61 bits per heavy atom. The molecular formula is C25H24N4OS. The monoisotopic (exact) mass is 428 g/mol. The zero-order valence-electron chi connectivity index (χ0n) is 17.4. The molecule has 1 aromatic heterocycles. The number of ether oxygens (including phenoxy) is 1. The molecule has 6 heteroatoms. The number of hydrogen-bond donors (Lipinski definition) is 0. The van der Waals surface area contributed by atoms with Crippen molar-refractivity contribution >= 4 is 12.2 Å². The Morgan fingerprint density at radius 1 is 0.903 bits per heavy atom. The molecule has 0 amide bonds. The van der Waals surface area contributed by atoms with Crippen LogP contribution in [0.5, 0.6) is 5.75 Å². The van der Waals surface area contributed by atoms with Crippen LogP contribution in [0.2, 0.25) is 0 Å². The molecule has 0 aliphatic carbocycles. The van der Waals surface area contributed by atoms with Gasteiger partial charge in [0.05, 0.1) is 13.8 Å². The summed E-state index contributed by atoms with van der Waals surface area (Å²) < 4.78 is 10.00. The lowest BCUT2D eigenvalue weighted by Crippen LogP contribution is -2.32. The number of nitrogens with zero attached hydrogens (tertiary/aromatic N) is 4. The van der Waals surface area contributed by atoms with Gasteiger partial charge in [-0.2, -0.15) is 0 Å². The van der Waals surface area contributed by atoms with Gasteiger partial charge in [0.15, 0.2) is 5.82 Å². The molecule has 31 heavy (non-hydrogen) atoms. The van der Waals surface area contributed by atoms with Crippen molar-refractivity contribution in [1.29, 1.82) is 0 Å². The Hall–Kier alpha value is -3.22. The third kappa shape index (κ3) is 3.92. The van der Waals surface area contributed by atoms with Crippen molar-refractivity contribution in [2.24, 2.45) is 0 Å². The van der Waals surface area contributed by atoms with Gasteiger partial charge in [0.2, 0.25) is 4.77 Å². The number of para-hydroxylation sites is 1. The van der Waals surface area contributed by atoms with Crippen LogP contribution in [0.25, 0.3) is 17.1 Å². The van der Waals surface area contributed by atoms with Gasteiger partial charge >= 0.3 is 0 Å². The molecule has 0 unspecified atom stereocenters. The summed E-state index contributed by atoms with van der Waals surface area (Å²) in [6, 6.07) is 26.8. The molecule has 0 saturated carbocycles. The Kier molecular flexibility index (Phi) is 5.40. The van der Waals surface area contributed by atoms with Crippen LogP contribution < -0.4 is 4.74 Å². The summed E-state index contributed by atoms with van der Waals surface area (Å²) in [5, 5.41) is 4.95. The fraction of sp³-hybridized carbons (Fsp3) is 0.200. The largest absolute Gasteiger partial charge is 0.497 e. The van der Waals surface area contributed by atoms with Gasteiger partial charge in [-0.3, -0.25) is 9.47 Å². The highest BCUT2D eigenvalue weighted by Gasteiger charge is 2.19. The van der Waals surface area contributed by atoms with Gasteiger partial charge < -0.3 is 4.74 Å². The van der Waals surface area contributed by atoms with Crippen molar-refractivity contribution < 1.29 is 4.74 Å². The molecule has 3 aromatic carbocycles. The van der Waals surface area contributed by atoms with Crippen LogP contribution in [0, 0.1) is 4.77 Å². The number of rotatable bonds is 5. The van der Waals surface area contributed by atoms with Crippen LogP contribution >= 0.6 is 12.2 Å². The molecule has 1 aliphatic heterocycles. The standard InChI is InChI=1S/C25H24N4OS/c1-30-23-13-11-20(12-14-23)24-26-28(25(31)29(24)22-9-3-2-4-10-22)18-27-16-15-19-7-5-6-8-21(19)17-27/h2-14H,15-18H2,1H3. The van der Waals surface area contributed by atoms with E-state index in [0.717, 1.165) is 42.3 Å². The molecule has 0 radical (unpaired) electrons. The first-order valence-electron chi connectivity index (χ1n) is 10.4. The number of fused-ring (bicyclic) bond motifs is 1. The van der Waals surface area contributed by atoms with Crippen LogP contribution in [-0.4, -0.2) is 32.9 Å². The quantitative estimate of drug-likeness (QED) is 0.415. The Bertz CT molecular complexity index is 1240. The van der Waals surface area contributed by atoms with Crippen LogP contribution in [0.3, 0.4) is 0 Å². The first kappa shape index (κ1) is 19.7. The van der Waals surface area contributed by atoms with E-state index in [-0.39, 0.29) is 0 Å². The second-order valence-electron chi connectivity index (χ2n) is 7.72. The van der Waals surface area contributed by atoms with Crippen LogP contribution in [0.15, 0.2) is 78.9 Å². The third-order valence-corrected chi connectivity index (χ3v) is 6.14. The summed E-state index contributed by atoms with van der Waals surface area (Å²) in [5.41, 5.74) is 4.83. The van der Waals surface area contributed by atoms with Crippen LogP contribution in [-0.2, 0) is 19.6 Å². The molecule has 156 valence electrons. The van der Waals surface area contributed by atoms with Crippen LogP contribution in [0.1, 0.15) is 11.1 Å². The molecular weight excluding hydrogens is 404 g/mol. The van der Waals surface area contributed by atoms with Gasteiger partial charge in [-0.25, -0.2) is 4.68 Å². The average Bonchev–Trinajstić information content (AvgIpc) is 3.15. The molecule has 0 spiro atoms. The van der Waals surface area contributed by atoms with E-state index in [9.17, 15) is 0 Å². The summed E-state index contributed by atoms with van der Waals surface area (Å²) in [4.78, 5) is 2.40. The van der Waals surface area contributed by atoms with Gasteiger partial charge in [0, 0.05) is 24.3 Å². The second kappa shape index (κ2) is 8.49. The molecule has 5 nitrogen and oxygen atoms in total. The van der Waals surface area contributed by atoms with E-state index in [2.05, 4.69) is 45.9 Å². The molecule has 1 aliphatic rings. The molecule has 0 bridgehead atoms. The minimum Gasteiger partial charge on any atom is -0.497 e. The van der Waals surface area contributed by atoms with E-state index >= 15 is 0 Å². The third-order valence-electron chi connectivity index (χ3n) is 5.75. The summed E-state index contributed by atoms with van der Waals surface area (Å²) >= 11 is 5.90. The normalized spacial score (nSPS) is 13.7. The van der Waals surface area contributed by atoms with Gasteiger partial charge in [-0.1, -0.05) is 42.5 Å². The maximum atomic E-state index is 5.90. The molecule has 0 fully saturated rings. The van der Waals surface area contributed by atoms with E-state index in [1.54, 1.807) is 7.11 Å². The van der Waals surface area contributed by atoms with E-state index < -0.39 is 0 Å². The van der Waals surface area contributed by atoms with Gasteiger partial charge in [0.1, 0.15) is 5.75 Å². The summed E-state index contributed by atoms with van der Waals surface area (Å²) in [7, 11) is 1.67. The lowest BCUT2D eigenvalue weighted by Gasteiger charge is -2.28. The first-order chi connectivity index (χ1) is 15.2. The predicted octanol–water partition coefficient (Wildman–Crippen LogP) is 5.09. The molecule has 2 heterocycles. The topological polar surface area (TPSA) is 35.2 Å². The smallest absolute Gasteiger partial charge is 0.204 e. The summed E-state index contributed by atoms with van der Waals surface area (Å²) in [6.45, 7) is 2.57. The molecule has 0 atom stereocenters. The van der Waals surface area contributed by atoms with E-state index in [1.807, 2.05) is 47.1 Å². The van der Waals surface area contributed by atoms with Crippen molar-refractivity contribution in [3.05, 3.63) is 94.8 Å². The zero-order chi connectivity index (χ0) is 21.2. The highest BCUT2D eigenvalue weighted by Crippen LogP contribution is 2.26. The SMILES string of the molecule is COc1ccc(-c2nn(CN3CCc4ccccc4C3)c(=S)n2-c2ccccc2)cc1. The highest BCUT2D eigenvalue weighted by molar-refractivity contribution is 7.71. The maximum Gasteiger partial charge on any atom is 0.204 e. The maximum absolute atomic E-state index is 5.90. The van der Waals surface area contributed by atoms with Crippen molar-refractivity contribution in [2.45, 2.75) is 19.6 Å². The fourth-order valence-electron chi connectivity index (χ4n) is 4.10. The van der Waals surface area contributed by atoms with Gasteiger partial charge in [-0.05, 0) is 66.2 Å². The fourth-order valence-corrected chi connectivity index (χ4v) is 4.39. The second-order valence-corrected chi connectivity index (χ2v) is 8.08. The molecule has 0 N–H and O–H groups in total. The minimum atomic E-state index is 0.663. The van der Waals surface area contributed by atoms with Crippen molar-refractivity contribution in [1.82, 2.24) is 19.2 Å². The van der Waals surface area contributed by atoms with Crippen molar-refractivity contribution in [2.75, 3.05) is 13.7 Å². The molecule has 0 saturated heterocycles. The van der Waals surface area contributed by atoms with Gasteiger partial charge in [0.25, 0.3) is 0 Å². The first-order valence-corrected chi connectivity index (χ1v) is 10.8. The average molecular weight is 429 g/mol. The predicted molar refractivity (Wildman–Crippen MR) is 125 cm³/mol. The van der Waals surface area contributed by atoms with Gasteiger partial charge in [-0.15, -0.1) is 5.10 Å².